The molecule has 0 bridgehead atoms. The standard InChI is InChI=1S/C23H20F3N3O2.C22H21F3N2O2/c1-29(15-27)13-3-12-28-22(30)17-6-11-20-16(14-17)4-2-5-21(20)31-19-9-7-18(8-10-19)23(24,25)26;1-26-12-3-13-27-21(28)16-6-11-19-15(14-16)4-2-5-20(19)29-18-9-7-17(8-10-18)22(23,24)25/h2,4-11,14H,3,12-13H2,1H3,(H,28,30);2,4-11,14,26H,3,12-13H2,1H3,(H,27,28). The zero-order valence-corrected chi connectivity index (χ0v) is 32.6. The fourth-order valence-corrected chi connectivity index (χ4v) is 5.89. The highest BCUT2D eigenvalue weighted by molar-refractivity contribution is 6.01. The van der Waals surface area contributed by atoms with Gasteiger partial charge in [0.15, 0.2) is 6.19 Å². The van der Waals surface area contributed by atoms with Crippen molar-refractivity contribution in [2.45, 2.75) is 25.2 Å². The highest BCUT2D eigenvalue weighted by Crippen LogP contribution is 2.35. The van der Waals surface area contributed by atoms with Crippen molar-refractivity contribution in [3.8, 4) is 29.2 Å². The molecule has 0 spiro atoms. The third-order valence-corrected chi connectivity index (χ3v) is 9.04. The van der Waals surface area contributed by atoms with Gasteiger partial charge in [-0.3, -0.25) is 9.59 Å². The Labute approximate surface area is 342 Å². The first-order valence-electron chi connectivity index (χ1n) is 18.7. The van der Waals surface area contributed by atoms with Crippen LogP contribution in [0.1, 0.15) is 44.7 Å². The molecule has 0 aliphatic carbocycles. The SMILES string of the molecule is CN(C#N)CCCNC(=O)c1ccc2c(Oc3ccc(C(F)(F)F)cc3)cccc2c1.CNCCCNC(=O)c1ccc2c(Oc3ccc(C(F)(F)F)cc3)cccc2c1. The van der Waals surface area contributed by atoms with Crippen LogP contribution in [-0.4, -0.2) is 57.0 Å². The summed E-state index contributed by atoms with van der Waals surface area (Å²) in [7, 11) is 3.53. The Kier molecular flexibility index (Phi) is 15.0. The molecule has 9 nitrogen and oxygen atoms in total. The van der Waals surface area contributed by atoms with E-state index in [4.69, 9.17) is 14.7 Å². The van der Waals surface area contributed by atoms with Crippen LogP contribution in [0, 0.1) is 11.5 Å². The normalized spacial score (nSPS) is 11.2. The van der Waals surface area contributed by atoms with Gasteiger partial charge in [0.2, 0.25) is 0 Å². The number of alkyl halides is 6. The molecule has 0 heterocycles. The predicted molar refractivity (Wildman–Crippen MR) is 217 cm³/mol. The van der Waals surface area contributed by atoms with Crippen molar-refractivity contribution < 1.29 is 45.4 Å². The number of carbonyl (C=O) groups excluding carboxylic acids is 2. The number of amides is 2. The highest BCUT2D eigenvalue weighted by Gasteiger charge is 2.31. The minimum absolute atomic E-state index is 0.155. The van der Waals surface area contributed by atoms with Crippen LogP contribution in [0.3, 0.4) is 0 Å². The summed E-state index contributed by atoms with van der Waals surface area (Å²) in [6.45, 7) is 2.40. The average molecular weight is 830 g/mol. The van der Waals surface area contributed by atoms with Crippen molar-refractivity contribution in [1.29, 1.82) is 5.26 Å². The van der Waals surface area contributed by atoms with Crippen molar-refractivity contribution in [3.63, 3.8) is 0 Å². The van der Waals surface area contributed by atoms with E-state index in [0.29, 0.717) is 54.4 Å². The maximum atomic E-state index is 12.7. The number of carbonyl (C=O) groups is 2. The van der Waals surface area contributed by atoms with Crippen LogP contribution in [0.25, 0.3) is 21.5 Å². The van der Waals surface area contributed by atoms with Gasteiger partial charge in [0.1, 0.15) is 23.0 Å². The lowest BCUT2D eigenvalue weighted by molar-refractivity contribution is -0.138. The van der Waals surface area contributed by atoms with Crippen molar-refractivity contribution in [3.05, 3.63) is 144 Å². The van der Waals surface area contributed by atoms with E-state index >= 15 is 0 Å². The molecule has 0 saturated carbocycles. The number of fused-ring (bicyclic) bond motifs is 2. The minimum atomic E-state index is -4.40. The summed E-state index contributed by atoms with van der Waals surface area (Å²) >= 11 is 0. The van der Waals surface area contributed by atoms with Gasteiger partial charge in [-0.1, -0.05) is 24.3 Å². The molecule has 60 heavy (non-hydrogen) atoms. The van der Waals surface area contributed by atoms with E-state index < -0.39 is 23.5 Å². The first kappa shape index (κ1) is 44.3. The number of nitrogens with zero attached hydrogens (tertiary/aromatic N) is 2. The van der Waals surface area contributed by atoms with Gasteiger partial charge in [-0.25, -0.2) is 0 Å². The lowest BCUT2D eigenvalue weighted by atomic mass is 10.1. The molecule has 0 unspecified atom stereocenters. The van der Waals surface area contributed by atoms with Crippen LogP contribution >= 0.6 is 0 Å². The van der Waals surface area contributed by atoms with Gasteiger partial charge < -0.3 is 30.3 Å². The zero-order chi connectivity index (χ0) is 43.3. The molecule has 0 aliphatic heterocycles. The number of rotatable bonds is 14. The molecule has 3 N–H and O–H groups in total. The van der Waals surface area contributed by atoms with E-state index in [9.17, 15) is 35.9 Å². The molecule has 0 aromatic heterocycles. The van der Waals surface area contributed by atoms with Gasteiger partial charge in [-0.15, -0.1) is 0 Å². The Morgan fingerprint density at radius 3 is 1.45 bits per heavy atom. The first-order chi connectivity index (χ1) is 28.7. The largest absolute Gasteiger partial charge is 0.457 e. The Balaban J connectivity index is 0.000000228. The Bertz CT molecular complexity index is 2430. The number of benzene rings is 6. The second kappa shape index (κ2) is 20.3. The van der Waals surface area contributed by atoms with Gasteiger partial charge in [0, 0.05) is 48.6 Å². The topological polar surface area (TPSA) is 116 Å². The Morgan fingerprint density at radius 1 is 0.617 bits per heavy atom. The monoisotopic (exact) mass is 829 g/mol. The van der Waals surface area contributed by atoms with Crippen molar-refractivity contribution >= 4 is 33.4 Å². The van der Waals surface area contributed by atoms with Crippen molar-refractivity contribution in [1.82, 2.24) is 20.9 Å². The Morgan fingerprint density at radius 2 is 1.05 bits per heavy atom. The van der Waals surface area contributed by atoms with Gasteiger partial charge >= 0.3 is 12.4 Å². The molecular weight excluding hydrogens is 789 g/mol. The van der Waals surface area contributed by atoms with Crippen LogP contribution in [0.5, 0.6) is 23.0 Å². The summed E-state index contributed by atoms with van der Waals surface area (Å²) in [4.78, 5) is 26.2. The lowest BCUT2D eigenvalue weighted by Gasteiger charge is -2.12. The number of nitriles is 1. The first-order valence-corrected chi connectivity index (χ1v) is 18.7. The van der Waals surface area contributed by atoms with E-state index in [1.165, 1.54) is 29.2 Å². The lowest BCUT2D eigenvalue weighted by Crippen LogP contribution is -2.26. The van der Waals surface area contributed by atoms with Gasteiger partial charge in [0.25, 0.3) is 11.8 Å². The summed E-state index contributed by atoms with van der Waals surface area (Å²) in [5.74, 6) is 1.18. The minimum Gasteiger partial charge on any atom is -0.457 e. The molecule has 6 aromatic carbocycles. The second-order valence-corrected chi connectivity index (χ2v) is 13.5. The summed E-state index contributed by atoms with van der Waals surface area (Å²) in [6.07, 6.45) is -5.31. The molecule has 6 rings (SSSR count). The van der Waals surface area contributed by atoms with E-state index in [0.717, 1.165) is 58.8 Å². The number of hydrogen-bond donors (Lipinski definition) is 3. The zero-order valence-electron chi connectivity index (χ0n) is 32.6. The third kappa shape index (κ3) is 12.4. The summed E-state index contributed by atoms with van der Waals surface area (Å²) in [5.41, 5.74) is -0.456. The van der Waals surface area contributed by atoms with E-state index in [1.54, 1.807) is 67.7 Å². The van der Waals surface area contributed by atoms with E-state index in [1.807, 2.05) is 25.4 Å². The van der Waals surface area contributed by atoms with Crippen LogP contribution in [0.15, 0.2) is 121 Å². The molecule has 2 amide bonds. The summed E-state index contributed by atoms with van der Waals surface area (Å²) in [5, 5.41) is 20.5. The molecule has 0 aliphatic rings. The molecule has 15 heteroatoms. The van der Waals surface area contributed by atoms with Crippen molar-refractivity contribution in [2.75, 3.05) is 40.3 Å². The number of nitrogens with one attached hydrogen (secondary N) is 3. The van der Waals surface area contributed by atoms with E-state index in [-0.39, 0.29) is 17.6 Å². The van der Waals surface area contributed by atoms with Crippen LogP contribution in [0.2, 0.25) is 0 Å². The second-order valence-electron chi connectivity index (χ2n) is 13.5. The van der Waals surface area contributed by atoms with Gasteiger partial charge in [-0.2, -0.15) is 31.6 Å². The average Bonchev–Trinajstić information content (AvgIpc) is 3.23. The summed E-state index contributed by atoms with van der Waals surface area (Å²) in [6, 6.07) is 30.1. The van der Waals surface area contributed by atoms with Crippen molar-refractivity contribution in [2.24, 2.45) is 0 Å². The fourth-order valence-electron chi connectivity index (χ4n) is 5.89. The molecule has 312 valence electrons. The summed E-state index contributed by atoms with van der Waals surface area (Å²) < 4.78 is 87.8. The van der Waals surface area contributed by atoms with Crippen LogP contribution in [-0.2, 0) is 12.4 Å². The van der Waals surface area contributed by atoms with Gasteiger partial charge in [0.05, 0.1) is 11.1 Å². The quantitative estimate of drug-likeness (QED) is 0.0433. The molecule has 0 radical (unpaired) electrons. The van der Waals surface area contributed by atoms with Crippen LogP contribution in [0.4, 0.5) is 26.3 Å². The molecule has 6 aromatic rings. The molecule has 0 atom stereocenters. The fraction of sp³-hybridized carbons (Fsp3) is 0.222. The molecular formula is C45H41F6N5O4. The van der Waals surface area contributed by atoms with E-state index in [2.05, 4.69) is 16.0 Å². The number of hydrogen-bond acceptors (Lipinski definition) is 7. The maximum absolute atomic E-state index is 12.7. The smallest absolute Gasteiger partial charge is 0.416 e. The Hall–Kier alpha value is -6.79. The number of halogens is 6. The van der Waals surface area contributed by atoms with Gasteiger partial charge in [-0.05, 0) is 134 Å². The number of ether oxygens (including phenoxy) is 2. The highest BCUT2D eigenvalue weighted by atomic mass is 19.4. The molecule has 0 saturated heterocycles. The van der Waals surface area contributed by atoms with Crippen LogP contribution < -0.4 is 25.4 Å². The third-order valence-electron chi connectivity index (χ3n) is 9.04. The predicted octanol–water partition coefficient (Wildman–Crippen LogP) is 10.2. The maximum Gasteiger partial charge on any atom is 0.416 e. The molecule has 0 fully saturated rings.